The molecule has 0 saturated carbocycles. The average Bonchev–Trinajstić information content (AvgIpc) is 2.48. The number of pyridine rings is 1. The van der Waals surface area contributed by atoms with Gasteiger partial charge in [-0.1, -0.05) is 12.5 Å². The summed E-state index contributed by atoms with van der Waals surface area (Å²) in [6.45, 7) is 3.20. The summed E-state index contributed by atoms with van der Waals surface area (Å²) >= 11 is 0. The van der Waals surface area contributed by atoms with Gasteiger partial charge in [-0.2, -0.15) is 4.31 Å². The van der Waals surface area contributed by atoms with Crippen LogP contribution in [-0.4, -0.2) is 30.8 Å². The van der Waals surface area contributed by atoms with E-state index in [1.54, 1.807) is 22.6 Å². The molecule has 2 heterocycles. The first-order valence-electron chi connectivity index (χ1n) is 6.95. The van der Waals surface area contributed by atoms with Crippen LogP contribution in [0.3, 0.4) is 0 Å². The van der Waals surface area contributed by atoms with Gasteiger partial charge in [-0.15, -0.1) is 0 Å². The van der Waals surface area contributed by atoms with Crippen LogP contribution in [0.1, 0.15) is 24.8 Å². The van der Waals surface area contributed by atoms with Crippen molar-refractivity contribution in [3.63, 3.8) is 0 Å². The molecule has 0 amide bonds. The van der Waals surface area contributed by atoms with Gasteiger partial charge < -0.3 is 0 Å². The molecule has 1 aromatic carbocycles. The highest BCUT2D eigenvalue weighted by Crippen LogP contribution is 2.28. The van der Waals surface area contributed by atoms with E-state index in [1.807, 2.05) is 19.1 Å². The molecule has 3 rings (SSSR count). The lowest BCUT2D eigenvalue weighted by Crippen LogP contribution is -2.35. The second-order valence-electron chi connectivity index (χ2n) is 5.24. The predicted molar refractivity (Wildman–Crippen MR) is 79.1 cm³/mol. The summed E-state index contributed by atoms with van der Waals surface area (Å²) in [4.78, 5) is 4.70. The Morgan fingerprint density at radius 3 is 2.60 bits per heavy atom. The number of hydrogen-bond donors (Lipinski definition) is 0. The van der Waals surface area contributed by atoms with Gasteiger partial charge in [0.05, 0.1) is 10.4 Å². The number of aryl methyl sites for hydroxylation is 1. The number of fused-ring (bicyclic) bond motifs is 1. The Morgan fingerprint density at radius 2 is 1.85 bits per heavy atom. The minimum atomic E-state index is -3.41. The fourth-order valence-corrected chi connectivity index (χ4v) is 4.46. The lowest BCUT2D eigenvalue weighted by Gasteiger charge is -2.26. The van der Waals surface area contributed by atoms with Crippen LogP contribution < -0.4 is 0 Å². The number of aromatic nitrogens is 1. The van der Waals surface area contributed by atoms with E-state index < -0.39 is 10.0 Å². The van der Waals surface area contributed by atoms with Gasteiger partial charge in [-0.05, 0) is 43.5 Å². The summed E-state index contributed by atoms with van der Waals surface area (Å²) in [6, 6.07) is 7.18. The molecule has 0 aliphatic carbocycles. The fourth-order valence-electron chi connectivity index (χ4n) is 2.76. The Balaban J connectivity index is 2.16. The van der Waals surface area contributed by atoms with Gasteiger partial charge in [0.15, 0.2) is 0 Å². The molecule has 20 heavy (non-hydrogen) atoms. The smallest absolute Gasteiger partial charge is 0.243 e. The van der Waals surface area contributed by atoms with Gasteiger partial charge in [0, 0.05) is 24.7 Å². The molecule has 1 aromatic heterocycles. The quantitative estimate of drug-likeness (QED) is 0.854. The minimum Gasteiger partial charge on any atom is -0.256 e. The van der Waals surface area contributed by atoms with Gasteiger partial charge in [-0.3, -0.25) is 4.98 Å². The molecule has 2 aromatic rings. The van der Waals surface area contributed by atoms with Gasteiger partial charge >= 0.3 is 0 Å². The van der Waals surface area contributed by atoms with Crippen LogP contribution in [0.5, 0.6) is 0 Å². The van der Waals surface area contributed by atoms with E-state index in [0.717, 1.165) is 35.7 Å². The summed E-state index contributed by atoms with van der Waals surface area (Å²) < 4.78 is 27.2. The van der Waals surface area contributed by atoms with E-state index >= 15 is 0 Å². The number of sulfonamides is 1. The predicted octanol–water partition coefficient (Wildman–Crippen LogP) is 2.72. The van der Waals surface area contributed by atoms with Crippen LogP contribution in [0.15, 0.2) is 35.4 Å². The van der Waals surface area contributed by atoms with Crippen LogP contribution in [0.4, 0.5) is 0 Å². The monoisotopic (exact) mass is 290 g/mol. The van der Waals surface area contributed by atoms with Gasteiger partial charge in [0.1, 0.15) is 0 Å². The van der Waals surface area contributed by atoms with Gasteiger partial charge in [0.25, 0.3) is 0 Å². The molecule has 1 saturated heterocycles. The van der Waals surface area contributed by atoms with Gasteiger partial charge in [-0.25, -0.2) is 8.42 Å². The zero-order valence-electron chi connectivity index (χ0n) is 11.5. The third-order valence-electron chi connectivity index (χ3n) is 3.86. The number of nitrogens with zero attached hydrogens (tertiary/aromatic N) is 2. The van der Waals surface area contributed by atoms with Crippen LogP contribution in [-0.2, 0) is 10.0 Å². The SMILES string of the molecule is Cc1ccc(S(=O)(=O)N2CCCCC2)c2cccnc12. The van der Waals surface area contributed by atoms with Crippen molar-refractivity contribution >= 4 is 20.9 Å². The van der Waals surface area contributed by atoms with Crippen molar-refractivity contribution in [2.24, 2.45) is 0 Å². The molecule has 0 bridgehead atoms. The fraction of sp³-hybridized carbons (Fsp3) is 0.400. The summed E-state index contributed by atoms with van der Waals surface area (Å²) in [5, 5.41) is 0.720. The first-order valence-corrected chi connectivity index (χ1v) is 8.39. The highest BCUT2D eigenvalue weighted by molar-refractivity contribution is 7.89. The van der Waals surface area contributed by atoms with Crippen molar-refractivity contribution in [3.05, 3.63) is 36.0 Å². The van der Waals surface area contributed by atoms with Crippen molar-refractivity contribution in [2.45, 2.75) is 31.1 Å². The van der Waals surface area contributed by atoms with E-state index in [2.05, 4.69) is 4.98 Å². The third kappa shape index (κ3) is 2.21. The molecule has 5 heteroatoms. The standard InChI is InChI=1S/C15H18N2O2S/c1-12-7-8-14(13-6-5-9-16-15(12)13)20(18,19)17-10-3-2-4-11-17/h5-9H,2-4,10-11H2,1H3. The number of benzene rings is 1. The van der Waals surface area contributed by atoms with E-state index in [-0.39, 0.29) is 0 Å². The Bertz CT molecular complexity index is 735. The Kier molecular flexibility index (Phi) is 3.48. The highest BCUT2D eigenvalue weighted by Gasteiger charge is 2.27. The molecule has 0 atom stereocenters. The van der Waals surface area contributed by atoms with E-state index in [4.69, 9.17) is 0 Å². The first kappa shape index (κ1) is 13.5. The van der Waals surface area contributed by atoms with Crippen molar-refractivity contribution in [2.75, 3.05) is 13.1 Å². The lowest BCUT2D eigenvalue weighted by atomic mass is 10.1. The molecule has 1 fully saturated rings. The molecule has 0 unspecified atom stereocenters. The van der Waals surface area contributed by atoms with E-state index in [0.29, 0.717) is 18.0 Å². The maximum atomic E-state index is 12.8. The number of rotatable bonds is 2. The maximum Gasteiger partial charge on any atom is 0.243 e. The molecule has 4 nitrogen and oxygen atoms in total. The van der Waals surface area contributed by atoms with Crippen LogP contribution in [0, 0.1) is 6.92 Å². The second kappa shape index (κ2) is 5.14. The summed E-state index contributed by atoms with van der Waals surface area (Å²) in [5.41, 5.74) is 1.77. The topological polar surface area (TPSA) is 50.3 Å². The molecule has 0 N–H and O–H groups in total. The second-order valence-corrected chi connectivity index (χ2v) is 7.15. The number of hydrogen-bond acceptors (Lipinski definition) is 3. The number of piperidine rings is 1. The van der Waals surface area contributed by atoms with Crippen molar-refractivity contribution in [1.29, 1.82) is 0 Å². The lowest BCUT2D eigenvalue weighted by molar-refractivity contribution is 0.347. The molecule has 0 radical (unpaired) electrons. The van der Waals surface area contributed by atoms with E-state index in [1.165, 1.54) is 0 Å². The van der Waals surface area contributed by atoms with Gasteiger partial charge in [0.2, 0.25) is 10.0 Å². The normalized spacial score (nSPS) is 17.4. The van der Waals surface area contributed by atoms with Crippen molar-refractivity contribution < 1.29 is 8.42 Å². The third-order valence-corrected chi connectivity index (χ3v) is 5.82. The molecular weight excluding hydrogens is 272 g/mol. The summed E-state index contributed by atoms with van der Waals surface area (Å²) in [5.74, 6) is 0. The zero-order chi connectivity index (χ0) is 14.2. The van der Waals surface area contributed by atoms with Crippen LogP contribution in [0.2, 0.25) is 0 Å². The molecule has 1 aliphatic heterocycles. The highest BCUT2D eigenvalue weighted by atomic mass is 32.2. The zero-order valence-corrected chi connectivity index (χ0v) is 12.4. The van der Waals surface area contributed by atoms with Crippen molar-refractivity contribution in [3.8, 4) is 0 Å². The maximum absolute atomic E-state index is 12.8. The Morgan fingerprint density at radius 1 is 1.10 bits per heavy atom. The Labute approximate surface area is 119 Å². The summed E-state index contributed by atoms with van der Waals surface area (Å²) in [6.07, 6.45) is 4.71. The summed E-state index contributed by atoms with van der Waals surface area (Å²) in [7, 11) is -3.41. The van der Waals surface area contributed by atoms with E-state index in [9.17, 15) is 8.42 Å². The molecule has 1 aliphatic rings. The average molecular weight is 290 g/mol. The molecule has 106 valence electrons. The largest absolute Gasteiger partial charge is 0.256 e. The van der Waals surface area contributed by atoms with Crippen LogP contribution in [0.25, 0.3) is 10.9 Å². The molecular formula is C15H18N2O2S. The first-order chi connectivity index (χ1) is 9.60. The molecule has 0 spiro atoms. The van der Waals surface area contributed by atoms with Crippen LogP contribution >= 0.6 is 0 Å². The Hall–Kier alpha value is -1.46. The van der Waals surface area contributed by atoms with Crippen molar-refractivity contribution in [1.82, 2.24) is 9.29 Å². The minimum absolute atomic E-state index is 0.383.